The molecule has 3 saturated heterocycles. The number of nitrogens with two attached hydrogens (primary N) is 1. The first-order valence-electron chi connectivity index (χ1n) is 11.4. The molecule has 2 aromatic heterocycles. The summed E-state index contributed by atoms with van der Waals surface area (Å²) in [6, 6.07) is 11.6. The molecule has 0 spiro atoms. The number of thiophene rings is 1. The largest absolute Gasteiger partial charge is 0.453 e. The number of esters is 1. The molecule has 5 heterocycles. The summed E-state index contributed by atoms with van der Waals surface area (Å²) in [5.41, 5.74) is 4.87. The van der Waals surface area contributed by atoms with Crippen LogP contribution in [0.25, 0.3) is 0 Å². The monoisotopic (exact) mass is 479 g/mol. The lowest BCUT2D eigenvalue weighted by Crippen LogP contribution is -2.67. The normalized spacial score (nSPS) is 26.4. The predicted molar refractivity (Wildman–Crippen MR) is 125 cm³/mol. The highest BCUT2D eigenvalue weighted by Crippen LogP contribution is 2.43. The number of benzene rings is 1. The van der Waals surface area contributed by atoms with Gasteiger partial charge in [0.2, 0.25) is 11.6 Å². The fourth-order valence-corrected chi connectivity index (χ4v) is 6.23. The number of hydrogen-bond donors (Lipinski definition) is 2. The molecule has 1 aromatic carbocycles. The van der Waals surface area contributed by atoms with E-state index in [4.69, 9.17) is 10.5 Å². The van der Waals surface area contributed by atoms with Crippen LogP contribution in [0.15, 0.2) is 65.6 Å². The molecule has 9 heteroatoms. The average molecular weight is 480 g/mol. The summed E-state index contributed by atoms with van der Waals surface area (Å²) >= 11 is 1.40. The number of primary amides is 1. The maximum absolute atomic E-state index is 13.6. The van der Waals surface area contributed by atoms with Crippen LogP contribution in [-0.2, 0) is 19.9 Å². The van der Waals surface area contributed by atoms with Crippen LogP contribution in [0, 0.1) is 5.92 Å². The Morgan fingerprint density at radius 1 is 1.09 bits per heavy atom. The maximum Gasteiger partial charge on any atom is 0.348 e. The van der Waals surface area contributed by atoms with Crippen LogP contribution < -0.4 is 5.73 Å². The lowest BCUT2D eigenvalue weighted by Gasteiger charge is -2.54. The van der Waals surface area contributed by atoms with E-state index in [1.807, 2.05) is 11.4 Å². The van der Waals surface area contributed by atoms with Gasteiger partial charge in [0.15, 0.2) is 11.9 Å². The third kappa shape index (κ3) is 3.79. The smallest absolute Gasteiger partial charge is 0.348 e. The number of quaternary nitrogens is 1. The summed E-state index contributed by atoms with van der Waals surface area (Å²) in [5, 5.41) is 15.3. The molecule has 3 aliphatic rings. The zero-order chi connectivity index (χ0) is 23.8. The summed E-state index contributed by atoms with van der Waals surface area (Å²) in [4.78, 5) is 34.8. The number of amides is 1. The van der Waals surface area contributed by atoms with E-state index in [0.717, 1.165) is 25.9 Å². The average Bonchev–Trinajstić information content (AvgIpc) is 3.41. The molecule has 0 aliphatic carbocycles. The van der Waals surface area contributed by atoms with Crippen LogP contribution in [0.5, 0.6) is 0 Å². The molecule has 34 heavy (non-hydrogen) atoms. The molecule has 1 amide bonds. The van der Waals surface area contributed by atoms with E-state index in [2.05, 4.69) is 9.97 Å². The summed E-state index contributed by atoms with van der Waals surface area (Å²) < 4.78 is 6.42. The fraction of sp³-hybridized carbons (Fsp3) is 0.360. The Hall–Kier alpha value is -3.14. The van der Waals surface area contributed by atoms with Crippen LogP contribution in [0.4, 0.5) is 0 Å². The second kappa shape index (κ2) is 8.90. The number of piperidine rings is 3. The summed E-state index contributed by atoms with van der Waals surface area (Å²) in [6.07, 6.45) is 4.33. The van der Waals surface area contributed by atoms with Crippen molar-refractivity contribution in [1.29, 1.82) is 0 Å². The number of aromatic nitrogens is 2. The Kier molecular flexibility index (Phi) is 5.93. The van der Waals surface area contributed by atoms with E-state index >= 15 is 0 Å². The number of nitrogens with zero attached hydrogens (tertiary/aromatic N) is 3. The van der Waals surface area contributed by atoms with Crippen LogP contribution in [0.3, 0.4) is 0 Å². The quantitative estimate of drug-likeness (QED) is 0.396. The highest BCUT2D eigenvalue weighted by atomic mass is 32.1. The second-order valence-electron chi connectivity index (χ2n) is 9.13. The van der Waals surface area contributed by atoms with Gasteiger partial charge in [-0.3, -0.25) is 4.79 Å². The van der Waals surface area contributed by atoms with Crippen LogP contribution >= 0.6 is 11.3 Å². The molecule has 8 nitrogen and oxygen atoms in total. The Morgan fingerprint density at radius 3 is 2.41 bits per heavy atom. The molecule has 3 fully saturated rings. The van der Waals surface area contributed by atoms with E-state index in [1.165, 1.54) is 11.3 Å². The summed E-state index contributed by atoms with van der Waals surface area (Å²) in [7, 11) is 0. The van der Waals surface area contributed by atoms with Crippen LogP contribution in [-0.4, -0.2) is 57.2 Å². The molecule has 2 bridgehead atoms. The van der Waals surface area contributed by atoms with Crippen molar-refractivity contribution in [3.8, 4) is 0 Å². The van der Waals surface area contributed by atoms with Gasteiger partial charge < -0.3 is 20.1 Å². The van der Waals surface area contributed by atoms with Gasteiger partial charge in [-0.15, -0.1) is 0 Å². The van der Waals surface area contributed by atoms with Crippen LogP contribution in [0.1, 0.15) is 35.8 Å². The van der Waals surface area contributed by atoms with Crippen molar-refractivity contribution in [1.82, 2.24) is 9.97 Å². The first-order valence-corrected chi connectivity index (χ1v) is 12.3. The van der Waals surface area contributed by atoms with Gasteiger partial charge in [-0.2, -0.15) is 11.3 Å². The molecule has 6 rings (SSSR count). The van der Waals surface area contributed by atoms with Crippen molar-refractivity contribution >= 4 is 23.2 Å². The fourth-order valence-electron chi connectivity index (χ4n) is 5.53. The standard InChI is InChI=1S/C25H26N4O4S/c26-22(30)21(23-27-10-4-11-28-23)29-12-7-17(8-13-29)20(15-29)33-24(31)25(32,19-9-14-34-16-19)18-5-2-1-3-6-18/h1-6,9-11,14,16-17,20-21,32H,7-8,12-13,15H2,(H-,26,30)/p+1/t17?,20-,21?,25?,29?/m0/s1. The minimum absolute atomic E-state index is 0.164. The molecule has 176 valence electrons. The highest BCUT2D eigenvalue weighted by molar-refractivity contribution is 7.08. The van der Waals surface area contributed by atoms with Crippen molar-refractivity contribution < 1.29 is 23.9 Å². The van der Waals surface area contributed by atoms with Gasteiger partial charge >= 0.3 is 5.97 Å². The van der Waals surface area contributed by atoms with Crippen LogP contribution in [0.2, 0.25) is 0 Å². The van der Waals surface area contributed by atoms with Gasteiger partial charge in [0.05, 0.1) is 13.1 Å². The molecule has 3 N–H and O–H groups in total. The lowest BCUT2D eigenvalue weighted by atomic mass is 9.81. The molecule has 2 unspecified atom stereocenters. The first-order chi connectivity index (χ1) is 16.4. The number of fused-ring (bicyclic) bond motifs is 3. The number of aliphatic hydroxyl groups is 1. The molecule has 3 aromatic rings. The number of carbonyl (C=O) groups excluding carboxylic acids is 2. The topological polar surface area (TPSA) is 115 Å². The van der Waals surface area contributed by atoms with Gasteiger partial charge in [-0.05, 0) is 28.5 Å². The Labute approximate surface area is 201 Å². The second-order valence-corrected chi connectivity index (χ2v) is 9.91. The third-order valence-electron chi connectivity index (χ3n) is 7.29. The van der Waals surface area contributed by atoms with Gasteiger partial charge in [0.1, 0.15) is 6.54 Å². The Morgan fingerprint density at radius 2 is 1.79 bits per heavy atom. The Balaban J connectivity index is 1.45. The van der Waals surface area contributed by atoms with Crippen molar-refractivity contribution in [2.45, 2.75) is 30.6 Å². The van der Waals surface area contributed by atoms with E-state index in [-0.39, 0.29) is 5.92 Å². The molecule has 0 saturated carbocycles. The number of carbonyl (C=O) groups is 2. The van der Waals surface area contributed by atoms with Crippen molar-refractivity contribution in [2.24, 2.45) is 11.7 Å². The minimum atomic E-state index is -1.91. The zero-order valence-corrected chi connectivity index (χ0v) is 19.4. The molecular formula is C25H27N4O4S+. The van der Waals surface area contributed by atoms with Gasteiger partial charge in [0, 0.05) is 36.7 Å². The molecule has 3 atom stereocenters. The van der Waals surface area contributed by atoms with Gasteiger partial charge in [-0.1, -0.05) is 30.3 Å². The highest BCUT2D eigenvalue weighted by Gasteiger charge is 2.55. The van der Waals surface area contributed by atoms with Gasteiger partial charge in [0.25, 0.3) is 5.91 Å². The number of rotatable bonds is 7. The van der Waals surface area contributed by atoms with E-state index in [9.17, 15) is 14.7 Å². The first kappa shape index (κ1) is 22.6. The lowest BCUT2D eigenvalue weighted by molar-refractivity contribution is -0.965. The molecule has 3 aliphatic heterocycles. The van der Waals surface area contributed by atoms with E-state index in [0.29, 0.717) is 28.0 Å². The minimum Gasteiger partial charge on any atom is -0.453 e. The van der Waals surface area contributed by atoms with E-state index in [1.54, 1.807) is 54.2 Å². The SMILES string of the molecule is NC(=O)C(c1ncccn1)[N+]12CCC(CC1)[C@@H](OC(=O)C(O)(c1ccccc1)c1ccsc1)C2. The summed E-state index contributed by atoms with van der Waals surface area (Å²) in [6.45, 7) is 1.90. The van der Waals surface area contributed by atoms with E-state index < -0.39 is 29.6 Å². The number of hydrogen-bond acceptors (Lipinski definition) is 7. The molecular weight excluding hydrogens is 452 g/mol. The zero-order valence-electron chi connectivity index (χ0n) is 18.6. The van der Waals surface area contributed by atoms with Crippen molar-refractivity contribution in [2.75, 3.05) is 19.6 Å². The van der Waals surface area contributed by atoms with Crippen molar-refractivity contribution in [3.63, 3.8) is 0 Å². The Bertz CT molecular complexity index is 1150. The maximum atomic E-state index is 13.6. The van der Waals surface area contributed by atoms with Gasteiger partial charge in [-0.25, -0.2) is 14.8 Å². The predicted octanol–water partition coefficient (Wildman–Crippen LogP) is 2.15. The summed E-state index contributed by atoms with van der Waals surface area (Å²) in [5.74, 6) is -0.646. The number of ether oxygens (including phenoxy) is 1. The van der Waals surface area contributed by atoms with Crippen molar-refractivity contribution in [3.05, 3.63) is 82.6 Å². The molecule has 0 radical (unpaired) electrons. The third-order valence-corrected chi connectivity index (χ3v) is 7.97.